The SMILES string of the molecule is Cn1c(=O)c2ccc(C3=CNC(Cl)=NC3)cc2n1Cc1nc(CO)ccc1OC(F)F. The van der Waals surface area contributed by atoms with Gasteiger partial charge in [0.05, 0.1) is 36.3 Å². The van der Waals surface area contributed by atoms with E-state index >= 15 is 0 Å². The molecule has 1 aliphatic rings. The zero-order valence-electron chi connectivity index (χ0n) is 16.3. The van der Waals surface area contributed by atoms with Crippen molar-refractivity contribution in [2.45, 2.75) is 19.8 Å². The molecular weight excluding hydrogens is 432 g/mol. The minimum absolute atomic E-state index is 0.0180. The second kappa shape index (κ2) is 8.48. The fourth-order valence-corrected chi connectivity index (χ4v) is 3.52. The number of fused-ring (bicyclic) bond motifs is 1. The highest BCUT2D eigenvalue weighted by atomic mass is 35.5. The first kappa shape index (κ1) is 21.0. The molecule has 2 N–H and O–H groups in total. The molecule has 162 valence electrons. The average molecular weight is 450 g/mol. The van der Waals surface area contributed by atoms with Crippen LogP contribution < -0.4 is 15.6 Å². The van der Waals surface area contributed by atoms with Gasteiger partial charge in [-0.1, -0.05) is 6.07 Å². The summed E-state index contributed by atoms with van der Waals surface area (Å²) in [5.41, 5.74) is 2.51. The third-order valence-electron chi connectivity index (χ3n) is 4.95. The molecule has 1 aromatic carbocycles. The minimum atomic E-state index is -3.03. The lowest BCUT2D eigenvalue weighted by Gasteiger charge is -2.15. The third kappa shape index (κ3) is 4.17. The van der Waals surface area contributed by atoms with E-state index < -0.39 is 6.61 Å². The molecule has 11 heteroatoms. The summed E-state index contributed by atoms with van der Waals surface area (Å²) in [6.45, 7) is -3.03. The van der Waals surface area contributed by atoms with Gasteiger partial charge in [-0.2, -0.15) is 8.78 Å². The Hall–Kier alpha value is -3.24. The number of alkyl halides is 2. The lowest BCUT2D eigenvalue weighted by Crippen LogP contribution is -2.21. The summed E-state index contributed by atoms with van der Waals surface area (Å²) in [6, 6.07) is 8.07. The fraction of sp³-hybridized carbons (Fsp3) is 0.250. The normalized spacial score (nSPS) is 13.9. The molecule has 3 heterocycles. The lowest BCUT2D eigenvalue weighted by molar-refractivity contribution is -0.0508. The van der Waals surface area contributed by atoms with E-state index in [1.807, 2.05) is 12.1 Å². The van der Waals surface area contributed by atoms with Crippen LogP contribution in [0, 0.1) is 0 Å². The van der Waals surface area contributed by atoms with Crippen molar-refractivity contribution in [1.82, 2.24) is 19.7 Å². The Morgan fingerprint density at radius 2 is 2.13 bits per heavy atom. The van der Waals surface area contributed by atoms with Crippen LogP contribution in [0.25, 0.3) is 16.5 Å². The average Bonchev–Trinajstić information content (AvgIpc) is 2.99. The van der Waals surface area contributed by atoms with E-state index in [-0.39, 0.29) is 30.2 Å². The van der Waals surface area contributed by atoms with Crippen molar-refractivity contribution >= 4 is 33.4 Å². The predicted molar refractivity (Wildman–Crippen MR) is 112 cm³/mol. The van der Waals surface area contributed by atoms with Gasteiger partial charge < -0.3 is 15.2 Å². The molecule has 4 rings (SSSR count). The van der Waals surface area contributed by atoms with Gasteiger partial charge in [-0.3, -0.25) is 19.2 Å². The third-order valence-corrected chi connectivity index (χ3v) is 5.18. The van der Waals surface area contributed by atoms with Crippen LogP contribution >= 0.6 is 11.6 Å². The molecule has 0 saturated heterocycles. The Labute approximate surface area is 180 Å². The Kier molecular flexibility index (Phi) is 5.75. The smallest absolute Gasteiger partial charge is 0.387 e. The molecule has 0 radical (unpaired) electrons. The molecule has 0 unspecified atom stereocenters. The predicted octanol–water partition coefficient (Wildman–Crippen LogP) is 2.42. The molecule has 8 nitrogen and oxygen atoms in total. The number of halogens is 3. The van der Waals surface area contributed by atoms with Crippen LogP contribution in [0.1, 0.15) is 17.0 Å². The standard InChI is InChI=1S/C20H18ClF2N5O3/c1-27-18(30)14-4-2-11(12-7-24-19(21)25-8-12)6-16(14)28(27)9-15-17(31-20(22)23)5-3-13(10-29)26-15/h2-7,20,29H,8-10H2,1H3,(H,24,25). The number of ether oxygens (including phenoxy) is 1. The van der Waals surface area contributed by atoms with Crippen LogP contribution in [-0.2, 0) is 20.2 Å². The van der Waals surface area contributed by atoms with Gasteiger partial charge in [-0.25, -0.2) is 4.98 Å². The number of nitrogens with one attached hydrogen (secondary N) is 1. The van der Waals surface area contributed by atoms with Crippen LogP contribution in [0.5, 0.6) is 5.75 Å². The van der Waals surface area contributed by atoms with E-state index in [2.05, 4.69) is 20.0 Å². The molecule has 0 amide bonds. The first-order chi connectivity index (χ1) is 14.9. The summed E-state index contributed by atoms with van der Waals surface area (Å²) in [7, 11) is 1.58. The molecule has 0 aliphatic carbocycles. The van der Waals surface area contributed by atoms with Gasteiger partial charge in [-0.15, -0.1) is 0 Å². The van der Waals surface area contributed by atoms with Crippen LogP contribution in [0.3, 0.4) is 0 Å². The minimum Gasteiger partial charge on any atom is -0.433 e. The van der Waals surface area contributed by atoms with Crippen LogP contribution in [0.4, 0.5) is 8.78 Å². The Balaban J connectivity index is 1.80. The number of aliphatic hydroxyl groups excluding tert-OH is 1. The number of benzene rings is 1. The number of pyridine rings is 1. The van der Waals surface area contributed by atoms with Crippen molar-refractivity contribution in [3.63, 3.8) is 0 Å². The monoisotopic (exact) mass is 449 g/mol. The molecule has 31 heavy (non-hydrogen) atoms. The highest BCUT2D eigenvalue weighted by Crippen LogP contribution is 2.25. The number of amidine groups is 1. The van der Waals surface area contributed by atoms with Gasteiger partial charge in [-0.05, 0) is 47.0 Å². The number of aliphatic hydroxyl groups is 1. The van der Waals surface area contributed by atoms with Gasteiger partial charge in [0.1, 0.15) is 11.4 Å². The molecule has 0 bridgehead atoms. The van der Waals surface area contributed by atoms with E-state index in [4.69, 9.17) is 11.6 Å². The van der Waals surface area contributed by atoms with Crippen LogP contribution in [0.15, 0.2) is 46.3 Å². The van der Waals surface area contributed by atoms with E-state index in [0.717, 1.165) is 11.1 Å². The van der Waals surface area contributed by atoms with E-state index in [9.17, 15) is 18.7 Å². The summed E-state index contributed by atoms with van der Waals surface area (Å²) < 4.78 is 33.3. The van der Waals surface area contributed by atoms with Gasteiger partial charge in [0.15, 0.2) is 5.29 Å². The molecule has 0 saturated carbocycles. The number of nitrogens with zero attached hydrogens (tertiary/aromatic N) is 4. The van der Waals surface area contributed by atoms with E-state index in [1.54, 1.807) is 24.0 Å². The van der Waals surface area contributed by atoms with Gasteiger partial charge in [0.2, 0.25) is 0 Å². The molecule has 0 atom stereocenters. The highest BCUT2D eigenvalue weighted by Gasteiger charge is 2.18. The summed E-state index contributed by atoms with van der Waals surface area (Å²) in [4.78, 5) is 21.1. The topological polar surface area (TPSA) is 93.7 Å². The second-order valence-corrected chi connectivity index (χ2v) is 7.18. The van der Waals surface area contributed by atoms with Crippen molar-refractivity contribution in [2.24, 2.45) is 12.0 Å². The molecular formula is C20H18ClF2N5O3. The van der Waals surface area contributed by atoms with E-state index in [1.165, 1.54) is 16.8 Å². The fourth-order valence-electron chi connectivity index (χ4n) is 3.41. The van der Waals surface area contributed by atoms with Gasteiger partial charge >= 0.3 is 6.61 Å². The quantitative estimate of drug-likeness (QED) is 0.564. The first-order valence-electron chi connectivity index (χ1n) is 9.27. The number of hydrogen-bond donors (Lipinski definition) is 2. The summed E-state index contributed by atoms with van der Waals surface area (Å²) in [5, 5.41) is 13.0. The zero-order valence-corrected chi connectivity index (χ0v) is 17.1. The maximum absolute atomic E-state index is 12.9. The number of aromatic nitrogens is 3. The second-order valence-electron chi connectivity index (χ2n) is 6.82. The largest absolute Gasteiger partial charge is 0.433 e. The van der Waals surface area contributed by atoms with Crippen LogP contribution in [0.2, 0.25) is 0 Å². The number of aliphatic imine (C=N–C) groups is 1. The highest BCUT2D eigenvalue weighted by molar-refractivity contribution is 6.65. The lowest BCUT2D eigenvalue weighted by atomic mass is 10.0. The number of hydrogen-bond acceptors (Lipinski definition) is 6. The Morgan fingerprint density at radius 3 is 2.81 bits per heavy atom. The molecule has 2 aromatic heterocycles. The van der Waals surface area contributed by atoms with Crippen molar-refractivity contribution in [1.29, 1.82) is 0 Å². The van der Waals surface area contributed by atoms with Gasteiger partial charge in [0, 0.05) is 13.2 Å². The summed E-state index contributed by atoms with van der Waals surface area (Å²) in [5.74, 6) is -0.124. The van der Waals surface area contributed by atoms with Crippen LogP contribution in [-0.4, -0.2) is 37.9 Å². The van der Waals surface area contributed by atoms with Crippen molar-refractivity contribution in [3.05, 3.63) is 63.8 Å². The Morgan fingerprint density at radius 1 is 1.32 bits per heavy atom. The van der Waals surface area contributed by atoms with E-state index in [0.29, 0.717) is 28.4 Å². The first-order valence-corrected chi connectivity index (χ1v) is 9.65. The maximum Gasteiger partial charge on any atom is 0.387 e. The molecule has 1 aliphatic heterocycles. The molecule has 3 aromatic rings. The Bertz CT molecular complexity index is 1270. The summed E-state index contributed by atoms with van der Waals surface area (Å²) >= 11 is 5.84. The molecule has 0 spiro atoms. The van der Waals surface area contributed by atoms with Crippen molar-refractivity contribution < 1.29 is 18.6 Å². The number of rotatable bonds is 6. The molecule has 0 fully saturated rings. The maximum atomic E-state index is 12.9. The van der Waals surface area contributed by atoms with Crippen molar-refractivity contribution in [3.8, 4) is 5.75 Å². The zero-order chi connectivity index (χ0) is 22.1. The van der Waals surface area contributed by atoms with Crippen molar-refractivity contribution in [2.75, 3.05) is 6.54 Å². The van der Waals surface area contributed by atoms with Gasteiger partial charge in [0.25, 0.3) is 5.56 Å². The summed E-state index contributed by atoms with van der Waals surface area (Å²) in [6.07, 6.45) is 1.74.